The van der Waals surface area contributed by atoms with Crippen molar-refractivity contribution >= 4 is 6.09 Å². The van der Waals surface area contributed by atoms with Crippen molar-refractivity contribution in [3.63, 3.8) is 0 Å². The molecule has 0 atom stereocenters. The Morgan fingerprint density at radius 1 is 1.42 bits per heavy atom. The summed E-state index contributed by atoms with van der Waals surface area (Å²) in [5.41, 5.74) is 5.16. The van der Waals surface area contributed by atoms with Crippen LogP contribution in [0.15, 0.2) is 0 Å². The average Bonchev–Trinajstić information content (AvgIpc) is 1.78. The first-order chi connectivity index (χ1) is 5.60. The van der Waals surface area contributed by atoms with Gasteiger partial charge in [-0.2, -0.15) is 0 Å². The van der Waals surface area contributed by atoms with E-state index in [1.165, 1.54) is 0 Å². The molecule has 4 heteroatoms. The van der Waals surface area contributed by atoms with E-state index in [1.54, 1.807) is 0 Å². The van der Waals surface area contributed by atoms with Crippen molar-refractivity contribution in [3.8, 4) is 0 Å². The fourth-order valence-corrected chi connectivity index (χ4v) is 2.43. The van der Waals surface area contributed by atoms with Crippen LogP contribution in [0.3, 0.4) is 0 Å². The van der Waals surface area contributed by atoms with Crippen LogP contribution >= 0.6 is 0 Å². The summed E-state index contributed by atoms with van der Waals surface area (Å²) in [5, 5.41) is 9.08. The van der Waals surface area contributed by atoms with Gasteiger partial charge in [-0.3, -0.25) is 0 Å². The van der Waals surface area contributed by atoms with E-state index in [9.17, 15) is 4.79 Å². The maximum absolute atomic E-state index is 10.3. The van der Waals surface area contributed by atoms with Crippen LogP contribution in [-0.2, 0) is 4.74 Å². The number of aliphatic hydroxyl groups excluding tert-OH is 1. The molecule has 1 spiro atoms. The van der Waals surface area contributed by atoms with Crippen molar-refractivity contribution in [3.05, 3.63) is 0 Å². The van der Waals surface area contributed by atoms with Crippen LogP contribution in [0.5, 0.6) is 0 Å². The van der Waals surface area contributed by atoms with Gasteiger partial charge in [0.1, 0.15) is 6.10 Å². The predicted octanol–water partition coefficient (Wildman–Crippen LogP) is 0.385. The highest BCUT2D eigenvalue weighted by Crippen LogP contribution is 2.56. The lowest BCUT2D eigenvalue weighted by atomic mass is 9.53. The molecule has 2 aliphatic carbocycles. The van der Waals surface area contributed by atoms with Crippen molar-refractivity contribution in [1.29, 1.82) is 0 Å². The third-order valence-electron chi connectivity index (χ3n) is 2.94. The van der Waals surface area contributed by atoms with Crippen molar-refractivity contribution in [2.45, 2.75) is 37.9 Å². The van der Waals surface area contributed by atoms with Gasteiger partial charge in [-0.05, 0) is 31.1 Å². The van der Waals surface area contributed by atoms with Gasteiger partial charge < -0.3 is 15.6 Å². The number of primary amides is 1. The van der Waals surface area contributed by atoms with E-state index in [4.69, 9.17) is 15.6 Å². The third-order valence-corrected chi connectivity index (χ3v) is 2.94. The number of amides is 1. The van der Waals surface area contributed by atoms with Gasteiger partial charge >= 0.3 is 6.09 Å². The number of hydrogen-bond donors (Lipinski definition) is 2. The van der Waals surface area contributed by atoms with Gasteiger partial charge in [-0.1, -0.05) is 0 Å². The lowest BCUT2D eigenvalue weighted by Crippen LogP contribution is -2.53. The quantitative estimate of drug-likeness (QED) is 0.599. The molecule has 0 radical (unpaired) electrons. The van der Waals surface area contributed by atoms with Crippen LogP contribution in [-0.4, -0.2) is 23.4 Å². The molecule has 0 aromatic carbocycles. The zero-order valence-electron chi connectivity index (χ0n) is 6.82. The van der Waals surface area contributed by atoms with E-state index >= 15 is 0 Å². The first-order valence-corrected chi connectivity index (χ1v) is 4.24. The second-order valence-electron chi connectivity index (χ2n) is 4.03. The zero-order valence-corrected chi connectivity index (χ0v) is 6.82. The lowest BCUT2D eigenvalue weighted by molar-refractivity contribution is -0.139. The summed E-state index contributed by atoms with van der Waals surface area (Å²) in [6.45, 7) is 0. The fraction of sp³-hybridized carbons (Fsp3) is 0.875. The number of rotatable bonds is 1. The first kappa shape index (κ1) is 7.86. The molecule has 3 N–H and O–H groups in total. The molecule has 2 rings (SSSR count). The summed E-state index contributed by atoms with van der Waals surface area (Å²) in [6.07, 6.45) is 2.70. The molecule has 68 valence electrons. The highest BCUT2D eigenvalue weighted by Gasteiger charge is 2.53. The molecule has 1 amide bonds. The van der Waals surface area contributed by atoms with E-state index < -0.39 is 6.09 Å². The Morgan fingerprint density at radius 2 is 2.00 bits per heavy atom. The molecule has 0 unspecified atom stereocenters. The Kier molecular flexibility index (Phi) is 1.54. The number of nitrogens with two attached hydrogens (primary N) is 1. The van der Waals surface area contributed by atoms with E-state index in [0.717, 1.165) is 25.7 Å². The van der Waals surface area contributed by atoms with Crippen LogP contribution in [0.2, 0.25) is 0 Å². The molecule has 12 heavy (non-hydrogen) atoms. The monoisotopic (exact) mass is 171 g/mol. The Bertz CT molecular complexity index is 202. The van der Waals surface area contributed by atoms with Gasteiger partial charge in [0.15, 0.2) is 0 Å². The largest absolute Gasteiger partial charge is 0.446 e. The summed E-state index contributed by atoms with van der Waals surface area (Å²) in [7, 11) is 0. The number of carbonyl (C=O) groups is 1. The Morgan fingerprint density at radius 3 is 2.42 bits per heavy atom. The fourth-order valence-electron chi connectivity index (χ4n) is 2.43. The summed E-state index contributed by atoms with van der Waals surface area (Å²) in [5.74, 6) is 0. The smallest absolute Gasteiger partial charge is 0.404 e. The SMILES string of the molecule is NC(=O)OC1CC2(CC(O)C2)C1. The van der Waals surface area contributed by atoms with E-state index in [2.05, 4.69) is 0 Å². The van der Waals surface area contributed by atoms with Crippen LogP contribution < -0.4 is 5.73 Å². The highest BCUT2D eigenvalue weighted by atomic mass is 16.6. The van der Waals surface area contributed by atoms with Gasteiger partial charge in [0.25, 0.3) is 0 Å². The first-order valence-electron chi connectivity index (χ1n) is 4.24. The van der Waals surface area contributed by atoms with Crippen LogP contribution in [0, 0.1) is 5.41 Å². The van der Waals surface area contributed by atoms with E-state index in [0.29, 0.717) is 5.41 Å². The summed E-state index contributed by atoms with van der Waals surface area (Å²) in [4.78, 5) is 10.3. The number of aliphatic hydroxyl groups is 1. The number of ether oxygens (including phenoxy) is 1. The van der Waals surface area contributed by atoms with Gasteiger partial charge in [-0.25, -0.2) is 4.79 Å². The second-order valence-corrected chi connectivity index (χ2v) is 4.03. The van der Waals surface area contributed by atoms with E-state index in [1.807, 2.05) is 0 Å². The van der Waals surface area contributed by atoms with Crippen molar-refractivity contribution < 1.29 is 14.6 Å². The molecule has 2 saturated carbocycles. The van der Waals surface area contributed by atoms with Crippen molar-refractivity contribution in [2.75, 3.05) is 0 Å². The Labute approximate surface area is 70.7 Å². The Hall–Kier alpha value is -0.770. The van der Waals surface area contributed by atoms with Gasteiger partial charge in [0.05, 0.1) is 6.10 Å². The van der Waals surface area contributed by atoms with Gasteiger partial charge in [0.2, 0.25) is 0 Å². The summed E-state index contributed by atoms with van der Waals surface area (Å²) in [6, 6.07) is 0. The molecule has 0 aromatic heterocycles. The standard InChI is InChI=1S/C8H13NO3/c9-7(11)12-6-3-8(4-6)1-5(10)2-8/h5-6,10H,1-4H2,(H2,9,11). The van der Waals surface area contributed by atoms with Crippen molar-refractivity contribution in [2.24, 2.45) is 11.1 Å². The lowest BCUT2D eigenvalue weighted by Gasteiger charge is -2.55. The minimum atomic E-state index is -0.685. The number of carbonyl (C=O) groups excluding carboxylic acids is 1. The molecular formula is C8H13NO3. The minimum absolute atomic E-state index is 0.00926. The summed E-state index contributed by atoms with van der Waals surface area (Å²) >= 11 is 0. The molecule has 0 heterocycles. The van der Waals surface area contributed by atoms with Crippen molar-refractivity contribution in [1.82, 2.24) is 0 Å². The Balaban J connectivity index is 1.74. The molecule has 0 saturated heterocycles. The molecule has 0 aliphatic heterocycles. The molecule has 0 aromatic rings. The van der Waals surface area contributed by atoms with Crippen LogP contribution in [0.4, 0.5) is 4.79 Å². The maximum Gasteiger partial charge on any atom is 0.404 e. The topological polar surface area (TPSA) is 72.6 Å². The average molecular weight is 171 g/mol. The van der Waals surface area contributed by atoms with Crippen LogP contribution in [0.25, 0.3) is 0 Å². The normalized spacial score (nSPS) is 44.8. The van der Waals surface area contributed by atoms with Gasteiger partial charge in [-0.15, -0.1) is 0 Å². The van der Waals surface area contributed by atoms with Crippen LogP contribution in [0.1, 0.15) is 25.7 Å². The second kappa shape index (κ2) is 2.36. The predicted molar refractivity (Wildman–Crippen MR) is 41.4 cm³/mol. The highest BCUT2D eigenvalue weighted by molar-refractivity contribution is 5.64. The third kappa shape index (κ3) is 1.16. The minimum Gasteiger partial charge on any atom is -0.446 e. The molecular weight excluding hydrogens is 158 g/mol. The molecule has 0 bridgehead atoms. The van der Waals surface area contributed by atoms with E-state index in [-0.39, 0.29) is 12.2 Å². The molecule has 2 fully saturated rings. The summed E-state index contributed by atoms with van der Waals surface area (Å²) < 4.78 is 4.81. The zero-order chi connectivity index (χ0) is 8.77. The molecule has 2 aliphatic rings. The number of hydrogen-bond acceptors (Lipinski definition) is 3. The maximum atomic E-state index is 10.3. The molecule has 4 nitrogen and oxygen atoms in total. The van der Waals surface area contributed by atoms with Gasteiger partial charge in [0, 0.05) is 0 Å².